The molecule has 1 saturated heterocycles. The van der Waals surface area contributed by atoms with Crippen LogP contribution in [0.1, 0.15) is 22.8 Å². The number of rotatable bonds is 2. The van der Waals surface area contributed by atoms with Gasteiger partial charge in [-0.2, -0.15) is 0 Å². The van der Waals surface area contributed by atoms with E-state index in [1.807, 2.05) is 0 Å². The highest BCUT2D eigenvalue weighted by Crippen LogP contribution is 2.48. The molecule has 0 radical (unpaired) electrons. The zero-order valence-electron chi connectivity index (χ0n) is 10.6. The summed E-state index contributed by atoms with van der Waals surface area (Å²) in [4.78, 5) is 23.7. The molecule has 2 atom stereocenters. The van der Waals surface area contributed by atoms with Gasteiger partial charge in [-0.25, -0.2) is 4.79 Å². The smallest absolute Gasteiger partial charge is 0.338 e. The summed E-state index contributed by atoms with van der Waals surface area (Å²) in [6.45, 7) is 5.30. The van der Waals surface area contributed by atoms with Gasteiger partial charge < -0.3 is 9.84 Å². The first kappa shape index (κ1) is 13.1. The molecule has 4 nitrogen and oxygen atoms in total. The predicted molar refractivity (Wildman–Crippen MR) is 73.6 cm³/mol. The first-order valence-electron chi connectivity index (χ1n) is 6.02. The fourth-order valence-corrected chi connectivity index (χ4v) is 2.70. The van der Waals surface area contributed by atoms with Gasteiger partial charge in [0.2, 0.25) is 0 Å². The molecule has 20 heavy (non-hydrogen) atoms. The maximum absolute atomic E-state index is 12.5. The average Bonchev–Trinajstić information content (AvgIpc) is 3.10. The number of epoxide rings is 1. The lowest BCUT2D eigenvalue weighted by Gasteiger charge is -2.20. The van der Waals surface area contributed by atoms with Crippen molar-refractivity contribution in [2.24, 2.45) is 0 Å². The molecule has 0 aromatic heterocycles. The molecule has 1 aliphatic heterocycles. The van der Waals surface area contributed by atoms with Gasteiger partial charge in [-0.05, 0) is 18.1 Å². The largest absolute Gasteiger partial charge is 0.479 e. The SMILES string of the molecule is C=C1C(Cl)=C(C2OC2(C)C(=O)O)C(=O)c2ccccc21. The van der Waals surface area contributed by atoms with Crippen LogP contribution >= 0.6 is 11.6 Å². The summed E-state index contributed by atoms with van der Waals surface area (Å²) < 4.78 is 5.21. The molecule has 2 aliphatic rings. The van der Waals surface area contributed by atoms with Crippen LogP contribution in [-0.4, -0.2) is 28.6 Å². The summed E-state index contributed by atoms with van der Waals surface area (Å²) in [6, 6.07) is 6.97. The van der Waals surface area contributed by atoms with Crippen molar-refractivity contribution in [3.63, 3.8) is 0 Å². The van der Waals surface area contributed by atoms with E-state index in [-0.39, 0.29) is 16.4 Å². The Labute approximate surface area is 120 Å². The number of hydrogen-bond acceptors (Lipinski definition) is 3. The second-order valence-corrected chi connectivity index (χ2v) is 5.37. The van der Waals surface area contributed by atoms with Crippen molar-refractivity contribution in [1.82, 2.24) is 0 Å². The second kappa shape index (κ2) is 4.04. The lowest BCUT2D eigenvalue weighted by atomic mass is 9.84. The standard InChI is InChI=1S/C15H11ClO4/c1-7-8-5-3-4-6-9(8)12(17)10(11(7)16)13-15(2,20-13)14(18)19/h3-6,13H,1H2,2H3,(H,18,19). The van der Waals surface area contributed by atoms with E-state index < -0.39 is 17.7 Å². The molecule has 1 aromatic carbocycles. The van der Waals surface area contributed by atoms with Crippen molar-refractivity contribution in [3.05, 3.63) is 52.6 Å². The van der Waals surface area contributed by atoms with Crippen molar-refractivity contribution < 1.29 is 19.4 Å². The highest BCUT2D eigenvalue weighted by molar-refractivity contribution is 6.42. The lowest BCUT2D eigenvalue weighted by molar-refractivity contribution is -0.142. The van der Waals surface area contributed by atoms with Crippen molar-refractivity contribution in [2.45, 2.75) is 18.6 Å². The van der Waals surface area contributed by atoms with Crippen molar-refractivity contribution >= 4 is 28.9 Å². The Hall–Kier alpha value is -1.91. The van der Waals surface area contributed by atoms with Gasteiger partial charge in [0.05, 0.1) is 10.6 Å². The number of ketones is 1. The van der Waals surface area contributed by atoms with Crippen LogP contribution in [0, 0.1) is 0 Å². The number of hydrogen-bond donors (Lipinski definition) is 1. The molecule has 0 saturated carbocycles. The summed E-state index contributed by atoms with van der Waals surface area (Å²) in [5.74, 6) is -1.41. The van der Waals surface area contributed by atoms with Crippen molar-refractivity contribution in [2.75, 3.05) is 0 Å². The van der Waals surface area contributed by atoms with Gasteiger partial charge in [-0.15, -0.1) is 0 Å². The third-order valence-corrected chi connectivity index (χ3v) is 4.17. The number of halogens is 1. The van der Waals surface area contributed by atoms with Gasteiger partial charge in [0.15, 0.2) is 11.4 Å². The van der Waals surface area contributed by atoms with Crippen LogP contribution in [-0.2, 0) is 9.53 Å². The first-order chi connectivity index (χ1) is 9.38. The Morgan fingerprint density at radius 2 is 2.00 bits per heavy atom. The minimum absolute atomic E-state index is 0.181. The van der Waals surface area contributed by atoms with Gasteiger partial charge in [0.1, 0.15) is 6.10 Å². The second-order valence-electron chi connectivity index (χ2n) is 4.99. The molecule has 1 N–H and O–H groups in total. The van der Waals surface area contributed by atoms with E-state index in [9.17, 15) is 9.59 Å². The topological polar surface area (TPSA) is 66.9 Å². The Morgan fingerprint density at radius 3 is 2.55 bits per heavy atom. The van der Waals surface area contributed by atoms with E-state index in [0.717, 1.165) is 0 Å². The van der Waals surface area contributed by atoms with Crippen LogP contribution in [0.4, 0.5) is 0 Å². The van der Waals surface area contributed by atoms with Crippen molar-refractivity contribution in [1.29, 1.82) is 0 Å². The number of fused-ring (bicyclic) bond motifs is 1. The van der Waals surface area contributed by atoms with Crippen LogP contribution in [0.2, 0.25) is 0 Å². The first-order valence-corrected chi connectivity index (χ1v) is 6.40. The zero-order chi connectivity index (χ0) is 14.7. The summed E-state index contributed by atoms with van der Waals surface area (Å²) in [5.41, 5.74) is 0.446. The summed E-state index contributed by atoms with van der Waals surface area (Å²) in [6.07, 6.45) is -0.829. The summed E-state index contributed by atoms with van der Waals surface area (Å²) in [5, 5.41) is 9.31. The molecule has 0 amide bonds. The fourth-order valence-electron chi connectivity index (χ4n) is 2.41. The van der Waals surface area contributed by atoms with E-state index in [1.165, 1.54) is 6.92 Å². The van der Waals surface area contributed by atoms with Crippen LogP contribution in [0.3, 0.4) is 0 Å². The van der Waals surface area contributed by atoms with E-state index in [4.69, 9.17) is 21.4 Å². The molecule has 5 heteroatoms. The molecular weight excluding hydrogens is 280 g/mol. The third kappa shape index (κ3) is 1.58. The Kier molecular flexibility index (Phi) is 2.64. The summed E-state index contributed by atoms with van der Waals surface area (Å²) in [7, 11) is 0. The maximum atomic E-state index is 12.5. The van der Waals surface area contributed by atoms with Gasteiger partial charge in [-0.1, -0.05) is 42.4 Å². The normalized spacial score (nSPS) is 28.4. The number of carbonyl (C=O) groups excluding carboxylic acids is 1. The Balaban J connectivity index is 2.10. The maximum Gasteiger partial charge on any atom is 0.338 e. The van der Waals surface area contributed by atoms with E-state index >= 15 is 0 Å². The molecule has 2 unspecified atom stereocenters. The van der Waals surface area contributed by atoms with E-state index in [0.29, 0.717) is 16.7 Å². The number of carboxylic acid groups (broad SMARTS) is 1. The minimum Gasteiger partial charge on any atom is -0.479 e. The third-order valence-electron chi connectivity index (χ3n) is 3.74. The fraction of sp³-hybridized carbons (Fsp3) is 0.200. The molecular formula is C15H11ClO4. The van der Waals surface area contributed by atoms with Gasteiger partial charge in [0, 0.05) is 5.56 Å². The van der Waals surface area contributed by atoms with Crippen LogP contribution in [0.15, 0.2) is 41.4 Å². The van der Waals surface area contributed by atoms with Gasteiger partial charge >= 0.3 is 5.97 Å². The highest BCUT2D eigenvalue weighted by atomic mass is 35.5. The van der Waals surface area contributed by atoms with E-state index in [1.54, 1.807) is 24.3 Å². The Morgan fingerprint density at radius 1 is 1.40 bits per heavy atom. The monoisotopic (exact) mass is 290 g/mol. The molecule has 1 aromatic rings. The Bertz CT molecular complexity index is 704. The van der Waals surface area contributed by atoms with Crippen molar-refractivity contribution in [3.8, 4) is 0 Å². The number of carboxylic acids is 1. The summed E-state index contributed by atoms with van der Waals surface area (Å²) >= 11 is 6.21. The number of allylic oxidation sites excluding steroid dienone is 2. The highest BCUT2D eigenvalue weighted by Gasteiger charge is 2.63. The molecule has 1 heterocycles. The molecule has 0 spiro atoms. The quantitative estimate of drug-likeness (QED) is 0.850. The average molecular weight is 291 g/mol. The lowest BCUT2D eigenvalue weighted by Crippen LogP contribution is -2.27. The molecule has 1 aliphatic carbocycles. The molecule has 3 rings (SSSR count). The number of carbonyl (C=O) groups is 2. The van der Waals surface area contributed by atoms with Crippen LogP contribution < -0.4 is 0 Å². The van der Waals surface area contributed by atoms with E-state index in [2.05, 4.69) is 6.58 Å². The number of ether oxygens (including phenoxy) is 1. The van der Waals surface area contributed by atoms with Crippen LogP contribution in [0.5, 0.6) is 0 Å². The molecule has 1 fully saturated rings. The number of Topliss-reactive ketones (excluding diaryl/α,β-unsaturated/α-hetero) is 1. The predicted octanol–water partition coefficient (Wildman–Crippen LogP) is 2.63. The molecule has 102 valence electrons. The zero-order valence-corrected chi connectivity index (χ0v) is 11.4. The number of benzene rings is 1. The minimum atomic E-state index is -1.39. The van der Waals surface area contributed by atoms with Gasteiger partial charge in [0.25, 0.3) is 0 Å². The molecule has 0 bridgehead atoms. The van der Waals surface area contributed by atoms with Gasteiger partial charge in [-0.3, -0.25) is 4.79 Å². The number of aliphatic carboxylic acids is 1. The van der Waals surface area contributed by atoms with Crippen LogP contribution in [0.25, 0.3) is 5.57 Å².